The maximum atomic E-state index is 12.4. The monoisotopic (exact) mass is 395 g/mol. The first-order valence-electron chi connectivity index (χ1n) is 9.88. The molecule has 0 atom stereocenters. The number of aromatic hydroxyl groups is 1. The molecule has 152 valence electrons. The third kappa shape index (κ3) is 6.41. The lowest BCUT2D eigenvalue weighted by atomic mass is 10.1. The number of nitrogens with one attached hydrogen (secondary N) is 1. The van der Waals surface area contributed by atoms with E-state index in [2.05, 4.69) is 15.5 Å². The lowest BCUT2D eigenvalue weighted by molar-refractivity contribution is -0.125. The first-order valence-corrected chi connectivity index (χ1v) is 9.88. The van der Waals surface area contributed by atoms with E-state index in [0.29, 0.717) is 11.4 Å². The van der Waals surface area contributed by atoms with Crippen molar-refractivity contribution in [3.8, 4) is 5.75 Å². The molecule has 0 aliphatic heterocycles. The Labute approximate surface area is 169 Å². The van der Waals surface area contributed by atoms with Crippen LogP contribution in [0.2, 0.25) is 0 Å². The van der Waals surface area contributed by atoms with Crippen LogP contribution in [0.1, 0.15) is 48.9 Å². The Hall–Kier alpha value is -3.22. The molecule has 0 heterocycles. The number of phenols is 1. The van der Waals surface area contributed by atoms with Gasteiger partial charge in [0.2, 0.25) is 0 Å². The number of carbonyl (C=O) groups excluding carboxylic acids is 2. The van der Waals surface area contributed by atoms with Gasteiger partial charge in [-0.25, -0.2) is 4.79 Å². The van der Waals surface area contributed by atoms with Gasteiger partial charge in [0.15, 0.2) is 6.61 Å². The predicted molar refractivity (Wildman–Crippen MR) is 109 cm³/mol. The van der Waals surface area contributed by atoms with E-state index in [4.69, 9.17) is 4.74 Å². The topological polar surface area (TPSA) is 100 Å². The molecule has 7 heteroatoms. The summed E-state index contributed by atoms with van der Waals surface area (Å²) in [6.45, 7) is -0.321. The number of benzene rings is 2. The van der Waals surface area contributed by atoms with Gasteiger partial charge in [-0.3, -0.25) is 4.79 Å². The second-order valence-electron chi connectivity index (χ2n) is 7.07. The summed E-state index contributed by atoms with van der Waals surface area (Å²) in [5.41, 5.74) is 1.11. The number of carbonyl (C=O) groups is 2. The van der Waals surface area contributed by atoms with Crippen LogP contribution in [0.25, 0.3) is 0 Å². The molecule has 0 aromatic heterocycles. The lowest BCUT2D eigenvalue weighted by Crippen LogP contribution is -2.37. The second kappa shape index (κ2) is 10.4. The lowest BCUT2D eigenvalue weighted by Gasteiger charge is -2.16. The van der Waals surface area contributed by atoms with Crippen molar-refractivity contribution in [2.45, 2.75) is 44.6 Å². The molecule has 1 aliphatic carbocycles. The molecule has 0 bridgehead atoms. The molecule has 1 saturated carbocycles. The van der Waals surface area contributed by atoms with Crippen LogP contribution in [-0.2, 0) is 9.53 Å². The van der Waals surface area contributed by atoms with E-state index in [1.54, 1.807) is 36.4 Å². The Balaban J connectivity index is 1.57. The molecule has 0 radical (unpaired) electrons. The number of azo groups is 1. The maximum absolute atomic E-state index is 12.4. The summed E-state index contributed by atoms with van der Waals surface area (Å²) in [6.07, 6.45) is 6.59. The van der Waals surface area contributed by atoms with Crippen LogP contribution in [0.5, 0.6) is 5.75 Å². The minimum Gasteiger partial charge on any atom is -0.508 e. The van der Waals surface area contributed by atoms with Gasteiger partial charge in [-0.15, -0.1) is 5.11 Å². The number of nitrogens with zero attached hydrogens (tertiary/aromatic N) is 2. The van der Waals surface area contributed by atoms with Crippen LogP contribution in [0.4, 0.5) is 11.4 Å². The molecule has 2 aromatic rings. The quantitative estimate of drug-likeness (QED) is 0.417. The van der Waals surface area contributed by atoms with Gasteiger partial charge in [-0.05, 0) is 49.2 Å². The van der Waals surface area contributed by atoms with Crippen molar-refractivity contribution in [3.63, 3.8) is 0 Å². The van der Waals surface area contributed by atoms with Crippen LogP contribution in [0, 0.1) is 0 Å². The summed E-state index contributed by atoms with van der Waals surface area (Å²) in [5, 5.41) is 20.4. The molecule has 0 spiro atoms. The Kier molecular flexibility index (Phi) is 7.33. The number of amides is 1. The van der Waals surface area contributed by atoms with Crippen LogP contribution in [0.15, 0.2) is 58.8 Å². The first kappa shape index (κ1) is 20.5. The number of esters is 1. The van der Waals surface area contributed by atoms with E-state index >= 15 is 0 Å². The zero-order valence-electron chi connectivity index (χ0n) is 16.2. The van der Waals surface area contributed by atoms with Crippen LogP contribution in [0.3, 0.4) is 0 Å². The van der Waals surface area contributed by atoms with Gasteiger partial charge in [0.1, 0.15) is 11.4 Å². The summed E-state index contributed by atoms with van der Waals surface area (Å²) in [4.78, 5) is 24.6. The molecule has 0 unspecified atom stereocenters. The molecule has 29 heavy (non-hydrogen) atoms. The molecule has 0 saturated heterocycles. The van der Waals surface area contributed by atoms with Gasteiger partial charge in [0, 0.05) is 6.04 Å². The molecule has 2 N–H and O–H groups in total. The van der Waals surface area contributed by atoms with Gasteiger partial charge in [-0.1, -0.05) is 37.8 Å². The fraction of sp³-hybridized carbons (Fsp3) is 0.364. The van der Waals surface area contributed by atoms with E-state index in [0.717, 1.165) is 25.7 Å². The summed E-state index contributed by atoms with van der Waals surface area (Å²) in [6, 6.07) is 13.0. The fourth-order valence-corrected chi connectivity index (χ4v) is 3.27. The van der Waals surface area contributed by atoms with E-state index in [1.165, 1.54) is 25.0 Å². The Morgan fingerprint density at radius 1 is 0.966 bits per heavy atom. The highest BCUT2D eigenvalue weighted by Gasteiger charge is 2.17. The van der Waals surface area contributed by atoms with Crippen LogP contribution in [-0.4, -0.2) is 29.6 Å². The predicted octanol–water partition coefficient (Wildman–Crippen LogP) is 4.80. The number of ether oxygens (including phenoxy) is 1. The molecule has 3 rings (SSSR count). The average molecular weight is 395 g/mol. The van der Waals surface area contributed by atoms with Gasteiger partial charge in [0.25, 0.3) is 5.91 Å². The number of hydrogen-bond donors (Lipinski definition) is 2. The highest BCUT2D eigenvalue weighted by Crippen LogP contribution is 2.24. The molecule has 7 nitrogen and oxygen atoms in total. The molecule has 2 aromatic carbocycles. The summed E-state index contributed by atoms with van der Waals surface area (Å²) < 4.78 is 5.19. The summed E-state index contributed by atoms with van der Waals surface area (Å²) in [5.74, 6) is -0.773. The third-order valence-electron chi connectivity index (χ3n) is 4.80. The Morgan fingerprint density at radius 3 is 2.38 bits per heavy atom. The summed E-state index contributed by atoms with van der Waals surface area (Å²) in [7, 11) is 0. The Morgan fingerprint density at radius 2 is 1.66 bits per heavy atom. The van der Waals surface area contributed by atoms with Crippen molar-refractivity contribution in [1.29, 1.82) is 0 Å². The normalized spacial score (nSPS) is 15.0. The van der Waals surface area contributed by atoms with Gasteiger partial charge >= 0.3 is 5.97 Å². The van der Waals surface area contributed by atoms with Crippen molar-refractivity contribution in [3.05, 3.63) is 54.1 Å². The molecule has 1 aliphatic rings. The molecular weight excluding hydrogens is 370 g/mol. The number of phenolic OH excluding ortho intramolecular Hbond substituents is 1. The van der Waals surface area contributed by atoms with Crippen molar-refractivity contribution < 1.29 is 19.4 Å². The fourth-order valence-electron chi connectivity index (χ4n) is 3.27. The molecular formula is C22H25N3O4. The number of rotatable bonds is 6. The Bertz CT molecular complexity index is 857. The van der Waals surface area contributed by atoms with Gasteiger partial charge in [-0.2, -0.15) is 5.11 Å². The van der Waals surface area contributed by atoms with Crippen molar-refractivity contribution in [1.82, 2.24) is 5.32 Å². The van der Waals surface area contributed by atoms with E-state index in [1.807, 2.05) is 0 Å². The van der Waals surface area contributed by atoms with E-state index in [-0.39, 0.29) is 29.9 Å². The van der Waals surface area contributed by atoms with Crippen molar-refractivity contribution in [2.24, 2.45) is 10.2 Å². The molecule has 1 fully saturated rings. The number of hydrogen-bond acceptors (Lipinski definition) is 6. The third-order valence-corrected chi connectivity index (χ3v) is 4.80. The minimum atomic E-state index is -0.624. The maximum Gasteiger partial charge on any atom is 0.340 e. The van der Waals surface area contributed by atoms with Gasteiger partial charge < -0.3 is 15.2 Å². The zero-order valence-corrected chi connectivity index (χ0v) is 16.2. The highest BCUT2D eigenvalue weighted by molar-refractivity contribution is 5.96. The van der Waals surface area contributed by atoms with Crippen molar-refractivity contribution in [2.75, 3.05) is 6.61 Å². The summed E-state index contributed by atoms with van der Waals surface area (Å²) >= 11 is 0. The van der Waals surface area contributed by atoms with Crippen LogP contribution >= 0.6 is 0 Å². The SMILES string of the molecule is O=C(COC(=O)c1ccccc1N=Nc1ccc(O)cc1)NC1CCCCCC1. The minimum absolute atomic E-state index is 0.134. The van der Waals surface area contributed by atoms with Crippen LogP contribution < -0.4 is 5.32 Å². The second-order valence-corrected chi connectivity index (χ2v) is 7.07. The molecule has 1 amide bonds. The van der Waals surface area contributed by atoms with E-state index < -0.39 is 5.97 Å². The standard InChI is InChI=1S/C22H25N3O4/c26-18-13-11-17(12-14-18)24-25-20-10-6-5-9-19(20)22(28)29-15-21(27)23-16-7-3-1-2-4-8-16/h5-6,9-14,16,26H,1-4,7-8,15H2,(H,23,27). The van der Waals surface area contributed by atoms with E-state index in [9.17, 15) is 14.7 Å². The highest BCUT2D eigenvalue weighted by atomic mass is 16.5. The van der Waals surface area contributed by atoms with Gasteiger partial charge in [0.05, 0.1) is 11.3 Å². The zero-order chi connectivity index (χ0) is 20.5. The average Bonchev–Trinajstić information content (AvgIpc) is 3.00. The largest absolute Gasteiger partial charge is 0.508 e. The first-order chi connectivity index (χ1) is 14.1. The van der Waals surface area contributed by atoms with Crippen molar-refractivity contribution >= 4 is 23.3 Å². The smallest absolute Gasteiger partial charge is 0.340 e.